The van der Waals surface area contributed by atoms with E-state index in [9.17, 15) is 4.79 Å². The molecule has 24 heavy (non-hydrogen) atoms. The molecule has 128 valence electrons. The molecule has 8 heteroatoms. The highest BCUT2D eigenvalue weighted by Gasteiger charge is 2.23. The summed E-state index contributed by atoms with van der Waals surface area (Å²) >= 11 is 5.97. The molecule has 2 aromatic rings. The molecule has 1 aromatic carbocycles. The summed E-state index contributed by atoms with van der Waals surface area (Å²) in [5.74, 6) is 0.916. The molecule has 1 aliphatic heterocycles. The largest absolute Gasteiger partial charge is 0.336 e. The van der Waals surface area contributed by atoms with Crippen molar-refractivity contribution in [1.82, 2.24) is 30.0 Å². The second kappa shape index (κ2) is 7.72. The number of carbonyl (C=O) groups is 1. The maximum atomic E-state index is 12.5. The lowest BCUT2D eigenvalue weighted by Crippen LogP contribution is -2.48. The fourth-order valence-electron chi connectivity index (χ4n) is 2.84. The quantitative estimate of drug-likeness (QED) is 0.822. The Kier molecular flexibility index (Phi) is 5.42. The number of tetrazole rings is 1. The van der Waals surface area contributed by atoms with Gasteiger partial charge in [0.05, 0.1) is 6.54 Å². The number of rotatable bonds is 5. The molecule has 1 saturated heterocycles. The van der Waals surface area contributed by atoms with Gasteiger partial charge in [0.25, 0.3) is 5.91 Å². The molecule has 0 unspecified atom stereocenters. The lowest BCUT2D eigenvalue weighted by Gasteiger charge is -2.34. The summed E-state index contributed by atoms with van der Waals surface area (Å²) in [6, 6.07) is 7.10. The maximum absolute atomic E-state index is 12.5. The molecule has 3 rings (SSSR count). The number of amides is 1. The highest BCUT2D eigenvalue weighted by Crippen LogP contribution is 2.14. The Bertz CT molecular complexity index is 695. The molecule has 0 saturated carbocycles. The van der Waals surface area contributed by atoms with E-state index >= 15 is 0 Å². The molecule has 1 amide bonds. The summed E-state index contributed by atoms with van der Waals surface area (Å²) in [4.78, 5) is 16.7. The van der Waals surface area contributed by atoms with Crippen molar-refractivity contribution in [2.75, 3.05) is 26.2 Å². The number of carbonyl (C=O) groups excluding carboxylic acids is 1. The minimum absolute atomic E-state index is 0.0352. The van der Waals surface area contributed by atoms with Crippen LogP contribution in [0.3, 0.4) is 0 Å². The third kappa shape index (κ3) is 3.91. The second-order valence-corrected chi connectivity index (χ2v) is 6.33. The van der Waals surface area contributed by atoms with Crippen LogP contribution in [0.2, 0.25) is 5.02 Å². The molecular weight excluding hydrogens is 328 g/mol. The summed E-state index contributed by atoms with van der Waals surface area (Å²) in [7, 11) is 0. The fourth-order valence-corrected chi connectivity index (χ4v) is 3.03. The van der Waals surface area contributed by atoms with Crippen LogP contribution in [-0.2, 0) is 13.1 Å². The average molecular weight is 349 g/mol. The van der Waals surface area contributed by atoms with Gasteiger partial charge in [-0.3, -0.25) is 9.69 Å². The van der Waals surface area contributed by atoms with Gasteiger partial charge >= 0.3 is 0 Å². The van der Waals surface area contributed by atoms with E-state index in [1.807, 2.05) is 9.58 Å². The van der Waals surface area contributed by atoms with E-state index in [4.69, 9.17) is 11.6 Å². The number of halogens is 1. The van der Waals surface area contributed by atoms with Gasteiger partial charge in [0.15, 0.2) is 5.82 Å². The van der Waals surface area contributed by atoms with E-state index in [1.54, 1.807) is 24.3 Å². The van der Waals surface area contributed by atoms with Crippen LogP contribution < -0.4 is 0 Å². The fraction of sp³-hybridized carbons (Fsp3) is 0.500. The molecule has 1 aliphatic rings. The number of hydrogen-bond donors (Lipinski definition) is 0. The van der Waals surface area contributed by atoms with Crippen LogP contribution in [0.4, 0.5) is 0 Å². The van der Waals surface area contributed by atoms with Crippen molar-refractivity contribution < 1.29 is 4.79 Å². The van der Waals surface area contributed by atoms with Crippen molar-refractivity contribution in [1.29, 1.82) is 0 Å². The minimum atomic E-state index is 0.0352. The van der Waals surface area contributed by atoms with Gasteiger partial charge in [-0.25, -0.2) is 4.68 Å². The van der Waals surface area contributed by atoms with Crippen LogP contribution >= 0.6 is 11.6 Å². The van der Waals surface area contributed by atoms with E-state index in [0.717, 1.165) is 31.9 Å². The van der Waals surface area contributed by atoms with Gasteiger partial charge < -0.3 is 4.90 Å². The molecule has 2 heterocycles. The highest BCUT2D eigenvalue weighted by atomic mass is 35.5. The molecule has 0 atom stereocenters. The Balaban J connectivity index is 1.56. The molecule has 0 spiro atoms. The monoisotopic (exact) mass is 348 g/mol. The standard InChI is InChI=1S/C16H21ClN6O/c1-2-6-23-15(18-19-20-23)12-21-7-9-22(10-8-21)16(24)13-4-3-5-14(17)11-13/h3-5,11H,2,6-10,12H2,1H3. The molecule has 0 N–H and O–H groups in total. The average Bonchev–Trinajstić information content (AvgIpc) is 3.02. The zero-order valence-electron chi connectivity index (χ0n) is 13.7. The topological polar surface area (TPSA) is 67.2 Å². The second-order valence-electron chi connectivity index (χ2n) is 5.90. The van der Waals surface area contributed by atoms with Crippen molar-refractivity contribution >= 4 is 17.5 Å². The third-order valence-electron chi connectivity index (χ3n) is 4.14. The number of benzene rings is 1. The summed E-state index contributed by atoms with van der Waals surface area (Å²) in [5.41, 5.74) is 0.642. The van der Waals surface area contributed by atoms with Crippen molar-refractivity contribution in [2.45, 2.75) is 26.4 Å². The number of piperazine rings is 1. The first-order chi connectivity index (χ1) is 11.7. The Labute approximate surface area is 146 Å². The van der Waals surface area contributed by atoms with Crippen molar-refractivity contribution in [3.05, 3.63) is 40.7 Å². The number of aryl methyl sites for hydroxylation is 1. The van der Waals surface area contributed by atoms with Crippen molar-refractivity contribution in [3.8, 4) is 0 Å². The molecule has 1 fully saturated rings. The van der Waals surface area contributed by atoms with Gasteiger partial charge in [-0.1, -0.05) is 24.6 Å². The van der Waals surface area contributed by atoms with Gasteiger partial charge in [0.2, 0.25) is 0 Å². The van der Waals surface area contributed by atoms with Gasteiger partial charge in [0, 0.05) is 43.3 Å². The molecule has 1 aromatic heterocycles. The first-order valence-electron chi connectivity index (χ1n) is 8.19. The summed E-state index contributed by atoms with van der Waals surface area (Å²) in [6.45, 7) is 6.66. The predicted molar refractivity (Wildman–Crippen MR) is 90.7 cm³/mol. The lowest BCUT2D eigenvalue weighted by molar-refractivity contribution is 0.0623. The molecule has 0 bridgehead atoms. The zero-order chi connectivity index (χ0) is 16.9. The lowest BCUT2D eigenvalue weighted by atomic mass is 10.2. The molecule has 0 aliphatic carbocycles. The molecule has 0 radical (unpaired) electrons. The number of aromatic nitrogens is 4. The van der Waals surface area contributed by atoms with Crippen LogP contribution in [0.25, 0.3) is 0 Å². The van der Waals surface area contributed by atoms with E-state index in [2.05, 4.69) is 27.3 Å². The van der Waals surface area contributed by atoms with E-state index < -0.39 is 0 Å². The molecule has 7 nitrogen and oxygen atoms in total. The zero-order valence-corrected chi connectivity index (χ0v) is 14.5. The van der Waals surface area contributed by atoms with Crippen molar-refractivity contribution in [3.63, 3.8) is 0 Å². The smallest absolute Gasteiger partial charge is 0.253 e. The SMILES string of the molecule is CCCn1nnnc1CN1CCN(C(=O)c2cccc(Cl)c2)CC1. The van der Waals surface area contributed by atoms with Crippen LogP contribution in [0.5, 0.6) is 0 Å². The number of nitrogens with zero attached hydrogens (tertiary/aromatic N) is 6. The van der Waals surface area contributed by atoms with Crippen LogP contribution in [0, 0.1) is 0 Å². The van der Waals surface area contributed by atoms with E-state index in [-0.39, 0.29) is 5.91 Å². The maximum Gasteiger partial charge on any atom is 0.253 e. The Morgan fingerprint density at radius 3 is 2.75 bits per heavy atom. The van der Waals surface area contributed by atoms with Gasteiger partial charge in [-0.2, -0.15) is 0 Å². The summed E-state index contributed by atoms with van der Waals surface area (Å²) in [5, 5.41) is 12.5. The van der Waals surface area contributed by atoms with Gasteiger partial charge in [-0.15, -0.1) is 5.10 Å². The van der Waals surface area contributed by atoms with Crippen LogP contribution in [-0.4, -0.2) is 62.1 Å². The Morgan fingerprint density at radius 1 is 1.25 bits per heavy atom. The number of hydrogen-bond acceptors (Lipinski definition) is 5. The molecular formula is C16H21ClN6O. The van der Waals surface area contributed by atoms with E-state index in [0.29, 0.717) is 30.2 Å². The Hall–Kier alpha value is -1.99. The summed E-state index contributed by atoms with van der Waals surface area (Å²) < 4.78 is 1.85. The first kappa shape index (κ1) is 16.9. The van der Waals surface area contributed by atoms with E-state index in [1.165, 1.54) is 0 Å². The first-order valence-corrected chi connectivity index (χ1v) is 8.57. The minimum Gasteiger partial charge on any atom is -0.336 e. The van der Waals surface area contributed by atoms with Gasteiger partial charge in [-0.05, 0) is 35.0 Å². The van der Waals surface area contributed by atoms with Crippen LogP contribution in [0.1, 0.15) is 29.5 Å². The normalized spacial score (nSPS) is 15.7. The third-order valence-corrected chi connectivity index (χ3v) is 4.37. The summed E-state index contributed by atoms with van der Waals surface area (Å²) in [6.07, 6.45) is 1.000. The highest BCUT2D eigenvalue weighted by molar-refractivity contribution is 6.30. The predicted octanol–water partition coefficient (Wildman–Crippen LogP) is 1.69. The Morgan fingerprint density at radius 2 is 2.04 bits per heavy atom. The van der Waals surface area contributed by atoms with Crippen LogP contribution in [0.15, 0.2) is 24.3 Å². The van der Waals surface area contributed by atoms with Crippen molar-refractivity contribution in [2.24, 2.45) is 0 Å². The van der Waals surface area contributed by atoms with Gasteiger partial charge in [0.1, 0.15) is 0 Å².